The maximum atomic E-state index is 12.0. The smallest absolute Gasteiger partial charge is 0.212 e. The predicted molar refractivity (Wildman–Crippen MR) is 73.8 cm³/mol. The lowest BCUT2D eigenvalue weighted by atomic mass is 9.78. The van der Waals surface area contributed by atoms with Gasteiger partial charge in [0.05, 0.1) is 17.9 Å². The molecule has 0 unspecified atom stereocenters. The first-order valence-electron chi connectivity index (χ1n) is 6.91. The van der Waals surface area contributed by atoms with E-state index in [2.05, 4.69) is 11.6 Å². The number of sulfonamides is 1. The molecule has 1 aliphatic carbocycles. The molecule has 0 aromatic heterocycles. The van der Waals surface area contributed by atoms with Gasteiger partial charge in [-0.2, -0.15) is 0 Å². The molecule has 4 nitrogen and oxygen atoms in total. The summed E-state index contributed by atoms with van der Waals surface area (Å²) in [6, 6.07) is 0. The van der Waals surface area contributed by atoms with Crippen LogP contribution in [0, 0.1) is 11.8 Å². The van der Waals surface area contributed by atoms with Crippen molar-refractivity contribution in [2.24, 2.45) is 11.8 Å². The summed E-state index contributed by atoms with van der Waals surface area (Å²) in [5.41, 5.74) is -0.609. The van der Waals surface area contributed by atoms with Crippen LogP contribution in [0.25, 0.3) is 0 Å². The zero-order chi connectivity index (χ0) is 13.8. The number of hydrogen-bond acceptors (Lipinski definition) is 3. The van der Waals surface area contributed by atoms with Crippen molar-refractivity contribution in [3.05, 3.63) is 0 Å². The van der Waals surface area contributed by atoms with Crippen molar-refractivity contribution in [2.75, 3.05) is 12.4 Å². The summed E-state index contributed by atoms with van der Waals surface area (Å²) in [7, 11) is -3.27. The van der Waals surface area contributed by atoms with Crippen molar-refractivity contribution in [1.82, 2.24) is 4.72 Å². The molecule has 0 radical (unpaired) electrons. The molecule has 1 rings (SSSR count). The molecule has 0 amide bonds. The third kappa shape index (κ3) is 4.86. The molecule has 0 saturated heterocycles. The van der Waals surface area contributed by atoms with Gasteiger partial charge in [0.25, 0.3) is 0 Å². The SMILES string of the molecule is CC(C)CCS(=O)(=O)NC1(CO)CCC(C)CC1. The van der Waals surface area contributed by atoms with Crippen LogP contribution in [0.5, 0.6) is 0 Å². The summed E-state index contributed by atoms with van der Waals surface area (Å²) >= 11 is 0. The van der Waals surface area contributed by atoms with Crippen LogP contribution in [-0.2, 0) is 10.0 Å². The van der Waals surface area contributed by atoms with Gasteiger partial charge in [0.15, 0.2) is 0 Å². The molecule has 0 spiro atoms. The highest BCUT2D eigenvalue weighted by Gasteiger charge is 2.36. The Kier molecular flexibility index (Phi) is 5.62. The summed E-state index contributed by atoms with van der Waals surface area (Å²) in [5.74, 6) is 1.16. The minimum Gasteiger partial charge on any atom is -0.394 e. The molecule has 0 aromatic rings. The maximum absolute atomic E-state index is 12.0. The fraction of sp³-hybridized carbons (Fsp3) is 1.00. The fourth-order valence-corrected chi connectivity index (χ4v) is 4.19. The third-order valence-corrected chi connectivity index (χ3v) is 5.39. The number of aliphatic hydroxyl groups is 1. The summed E-state index contributed by atoms with van der Waals surface area (Å²) in [5, 5.41) is 9.54. The highest BCUT2D eigenvalue weighted by Crippen LogP contribution is 2.32. The average Bonchev–Trinajstić information content (AvgIpc) is 2.30. The van der Waals surface area contributed by atoms with E-state index in [0.717, 1.165) is 25.7 Å². The first-order valence-corrected chi connectivity index (χ1v) is 8.56. The van der Waals surface area contributed by atoms with E-state index in [1.54, 1.807) is 0 Å². The molecule has 0 heterocycles. The Hall–Kier alpha value is -0.130. The van der Waals surface area contributed by atoms with Crippen LogP contribution in [0.3, 0.4) is 0 Å². The minimum absolute atomic E-state index is 0.0966. The van der Waals surface area contributed by atoms with Gasteiger partial charge in [0, 0.05) is 0 Å². The predicted octanol–water partition coefficient (Wildman–Crippen LogP) is 1.89. The van der Waals surface area contributed by atoms with Crippen molar-refractivity contribution in [2.45, 2.75) is 58.4 Å². The molecule has 1 aliphatic rings. The van der Waals surface area contributed by atoms with Gasteiger partial charge in [-0.05, 0) is 43.9 Å². The van der Waals surface area contributed by atoms with Gasteiger partial charge in [-0.3, -0.25) is 0 Å². The minimum atomic E-state index is -3.27. The van der Waals surface area contributed by atoms with Gasteiger partial charge in [0.2, 0.25) is 10.0 Å². The first-order chi connectivity index (χ1) is 8.29. The van der Waals surface area contributed by atoms with E-state index in [9.17, 15) is 13.5 Å². The highest BCUT2D eigenvalue weighted by molar-refractivity contribution is 7.89. The van der Waals surface area contributed by atoms with Crippen LogP contribution in [0.1, 0.15) is 52.9 Å². The quantitative estimate of drug-likeness (QED) is 0.779. The lowest BCUT2D eigenvalue weighted by Crippen LogP contribution is -2.53. The van der Waals surface area contributed by atoms with Crippen molar-refractivity contribution in [3.63, 3.8) is 0 Å². The molecule has 0 aliphatic heterocycles. The van der Waals surface area contributed by atoms with Crippen LogP contribution in [0.15, 0.2) is 0 Å². The van der Waals surface area contributed by atoms with Gasteiger partial charge in [-0.15, -0.1) is 0 Å². The maximum Gasteiger partial charge on any atom is 0.212 e. The Balaban J connectivity index is 2.62. The standard InChI is InChI=1S/C13H27NO3S/c1-11(2)6-9-18(16,17)14-13(10-15)7-4-12(3)5-8-13/h11-12,14-15H,4-10H2,1-3H3. The molecule has 0 aromatic carbocycles. The lowest BCUT2D eigenvalue weighted by Gasteiger charge is -2.38. The fourth-order valence-electron chi connectivity index (χ4n) is 2.38. The van der Waals surface area contributed by atoms with Crippen molar-refractivity contribution < 1.29 is 13.5 Å². The van der Waals surface area contributed by atoms with E-state index >= 15 is 0 Å². The van der Waals surface area contributed by atoms with Crippen LogP contribution >= 0.6 is 0 Å². The topological polar surface area (TPSA) is 66.4 Å². The monoisotopic (exact) mass is 277 g/mol. The zero-order valence-electron chi connectivity index (χ0n) is 11.8. The van der Waals surface area contributed by atoms with Crippen LogP contribution in [0.4, 0.5) is 0 Å². The summed E-state index contributed by atoms with van der Waals surface area (Å²) in [4.78, 5) is 0. The van der Waals surface area contributed by atoms with Crippen molar-refractivity contribution >= 4 is 10.0 Å². The van der Waals surface area contributed by atoms with Gasteiger partial charge >= 0.3 is 0 Å². The lowest BCUT2D eigenvalue weighted by molar-refractivity contribution is 0.125. The first kappa shape index (κ1) is 15.9. The molecule has 0 bridgehead atoms. The summed E-state index contributed by atoms with van der Waals surface area (Å²) < 4.78 is 26.8. The van der Waals surface area contributed by atoms with E-state index in [0.29, 0.717) is 18.3 Å². The largest absolute Gasteiger partial charge is 0.394 e. The molecular weight excluding hydrogens is 250 g/mol. The Bertz CT molecular complexity index is 343. The number of nitrogens with one attached hydrogen (secondary N) is 1. The number of rotatable bonds is 6. The second-order valence-electron chi connectivity index (χ2n) is 6.22. The van der Waals surface area contributed by atoms with Crippen LogP contribution in [-0.4, -0.2) is 31.4 Å². The van der Waals surface area contributed by atoms with Gasteiger partial charge in [-0.25, -0.2) is 13.1 Å². The molecule has 1 saturated carbocycles. The number of aliphatic hydroxyl groups excluding tert-OH is 1. The van der Waals surface area contributed by atoms with E-state index in [1.165, 1.54) is 0 Å². The van der Waals surface area contributed by atoms with Crippen molar-refractivity contribution in [1.29, 1.82) is 0 Å². The van der Waals surface area contributed by atoms with E-state index in [-0.39, 0.29) is 12.4 Å². The second-order valence-corrected chi connectivity index (χ2v) is 8.07. The normalized spacial score (nSPS) is 29.7. The second kappa shape index (κ2) is 6.35. The molecule has 5 heteroatoms. The molecule has 1 fully saturated rings. The van der Waals surface area contributed by atoms with Gasteiger partial charge in [0.1, 0.15) is 0 Å². The summed E-state index contributed by atoms with van der Waals surface area (Å²) in [6.07, 6.45) is 4.10. The van der Waals surface area contributed by atoms with Crippen LogP contribution in [0.2, 0.25) is 0 Å². The molecule has 2 N–H and O–H groups in total. The highest BCUT2D eigenvalue weighted by atomic mass is 32.2. The Morgan fingerprint density at radius 1 is 1.33 bits per heavy atom. The molecule has 108 valence electrons. The zero-order valence-corrected chi connectivity index (χ0v) is 12.6. The van der Waals surface area contributed by atoms with Crippen LogP contribution < -0.4 is 4.72 Å². The van der Waals surface area contributed by atoms with Gasteiger partial charge < -0.3 is 5.11 Å². The van der Waals surface area contributed by atoms with E-state index in [4.69, 9.17) is 0 Å². The Morgan fingerprint density at radius 3 is 2.33 bits per heavy atom. The Labute approximate surface area is 111 Å². The van der Waals surface area contributed by atoms with E-state index in [1.807, 2.05) is 13.8 Å². The van der Waals surface area contributed by atoms with Gasteiger partial charge in [-0.1, -0.05) is 20.8 Å². The summed E-state index contributed by atoms with van der Waals surface area (Å²) in [6.45, 7) is 6.11. The third-order valence-electron chi connectivity index (χ3n) is 3.87. The number of hydrogen-bond donors (Lipinski definition) is 2. The molecule has 18 heavy (non-hydrogen) atoms. The Morgan fingerprint density at radius 2 is 1.89 bits per heavy atom. The molecular formula is C13H27NO3S. The molecule has 0 atom stereocenters. The van der Waals surface area contributed by atoms with Crippen molar-refractivity contribution in [3.8, 4) is 0 Å². The average molecular weight is 277 g/mol. The van der Waals surface area contributed by atoms with E-state index < -0.39 is 15.6 Å².